The topological polar surface area (TPSA) is 58.3 Å². The zero-order valence-corrected chi connectivity index (χ0v) is 12.8. The standard InChI is InChI=1S/C16H27N5/c17-15(14-5-2-1-3-6-14)13-20-9-11-21(12-10-20)16-18-7-4-8-19-16/h4,7-8,14-15H,1-3,5-6,9-13,17H2. The first-order valence-electron chi connectivity index (χ1n) is 8.33. The number of nitrogens with two attached hydrogens (primary N) is 1. The molecule has 0 aromatic carbocycles. The molecule has 1 aromatic rings. The smallest absolute Gasteiger partial charge is 0.225 e. The normalized spacial score (nSPS) is 23.2. The fraction of sp³-hybridized carbons (Fsp3) is 0.750. The van der Waals surface area contributed by atoms with E-state index in [0.717, 1.165) is 44.6 Å². The number of nitrogens with zero attached hydrogens (tertiary/aromatic N) is 4. The van der Waals surface area contributed by atoms with Gasteiger partial charge in [-0.15, -0.1) is 0 Å². The second-order valence-corrected chi connectivity index (χ2v) is 6.40. The fourth-order valence-electron chi connectivity index (χ4n) is 3.59. The fourth-order valence-corrected chi connectivity index (χ4v) is 3.59. The summed E-state index contributed by atoms with van der Waals surface area (Å²) >= 11 is 0. The summed E-state index contributed by atoms with van der Waals surface area (Å²) in [7, 11) is 0. The van der Waals surface area contributed by atoms with Crippen molar-refractivity contribution in [2.75, 3.05) is 37.6 Å². The van der Waals surface area contributed by atoms with Crippen LogP contribution in [0.3, 0.4) is 0 Å². The largest absolute Gasteiger partial charge is 0.338 e. The van der Waals surface area contributed by atoms with Crippen LogP contribution in [-0.4, -0.2) is 53.6 Å². The molecule has 2 N–H and O–H groups in total. The van der Waals surface area contributed by atoms with Crippen molar-refractivity contribution in [3.8, 4) is 0 Å². The third-order valence-electron chi connectivity index (χ3n) is 4.93. The highest BCUT2D eigenvalue weighted by Gasteiger charge is 2.25. The molecule has 1 atom stereocenters. The molecule has 116 valence electrons. The molecule has 0 spiro atoms. The molecule has 21 heavy (non-hydrogen) atoms. The molecule has 0 amide bonds. The van der Waals surface area contributed by atoms with E-state index in [1.165, 1.54) is 32.1 Å². The quantitative estimate of drug-likeness (QED) is 0.910. The Morgan fingerprint density at radius 1 is 1.05 bits per heavy atom. The zero-order valence-electron chi connectivity index (χ0n) is 12.8. The van der Waals surface area contributed by atoms with Gasteiger partial charge in [0.05, 0.1) is 0 Å². The molecular formula is C16H27N5. The molecule has 1 aliphatic heterocycles. The van der Waals surface area contributed by atoms with E-state index in [1.807, 2.05) is 18.5 Å². The van der Waals surface area contributed by atoms with E-state index in [2.05, 4.69) is 19.8 Å². The van der Waals surface area contributed by atoms with Gasteiger partial charge < -0.3 is 10.6 Å². The van der Waals surface area contributed by atoms with E-state index in [-0.39, 0.29) is 0 Å². The minimum atomic E-state index is 0.352. The van der Waals surface area contributed by atoms with Crippen molar-refractivity contribution in [1.29, 1.82) is 0 Å². The Balaban J connectivity index is 1.45. The Bertz CT molecular complexity index is 410. The maximum Gasteiger partial charge on any atom is 0.225 e. The Hall–Kier alpha value is -1.20. The van der Waals surface area contributed by atoms with E-state index < -0.39 is 0 Å². The van der Waals surface area contributed by atoms with Crippen LogP contribution in [0, 0.1) is 5.92 Å². The average molecular weight is 289 g/mol. The molecule has 1 saturated heterocycles. The predicted octanol–water partition coefficient (Wildman–Crippen LogP) is 1.51. The molecular weight excluding hydrogens is 262 g/mol. The lowest BCUT2D eigenvalue weighted by molar-refractivity contribution is 0.198. The van der Waals surface area contributed by atoms with Gasteiger partial charge in [0.15, 0.2) is 0 Å². The van der Waals surface area contributed by atoms with E-state index in [0.29, 0.717) is 6.04 Å². The Kier molecular flexibility index (Phi) is 5.04. The maximum atomic E-state index is 6.45. The van der Waals surface area contributed by atoms with Crippen LogP contribution in [0.5, 0.6) is 0 Å². The summed E-state index contributed by atoms with van der Waals surface area (Å²) in [4.78, 5) is 13.4. The van der Waals surface area contributed by atoms with Crippen molar-refractivity contribution < 1.29 is 0 Å². The van der Waals surface area contributed by atoms with Crippen LogP contribution in [0.2, 0.25) is 0 Å². The van der Waals surface area contributed by atoms with Crippen LogP contribution in [0.15, 0.2) is 18.5 Å². The van der Waals surface area contributed by atoms with Crippen LogP contribution in [-0.2, 0) is 0 Å². The molecule has 1 saturated carbocycles. The first kappa shape index (κ1) is 14.7. The monoisotopic (exact) mass is 289 g/mol. The lowest BCUT2D eigenvalue weighted by Gasteiger charge is -2.37. The van der Waals surface area contributed by atoms with Crippen molar-refractivity contribution in [2.24, 2.45) is 11.7 Å². The number of aromatic nitrogens is 2. The van der Waals surface area contributed by atoms with Gasteiger partial charge in [0.1, 0.15) is 0 Å². The maximum absolute atomic E-state index is 6.45. The molecule has 1 aromatic heterocycles. The van der Waals surface area contributed by atoms with Gasteiger partial charge in [-0.05, 0) is 24.8 Å². The van der Waals surface area contributed by atoms with Gasteiger partial charge in [-0.3, -0.25) is 4.90 Å². The summed E-state index contributed by atoms with van der Waals surface area (Å²) in [6, 6.07) is 2.22. The van der Waals surface area contributed by atoms with Gasteiger partial charge in [-0.1, -0.05) is 19.3 Å². The predicted molar refractivity (Wildman–Crippen MR) is 85.2 cm³/mol. The highest BCUT2D eigenvalue weighted by Crippen LogP contribution is 2.26. The van der Waals surface area contributed by atoms with E-state index in [9.17, 15) is 0 Å². The van der Waals surface area contributed by atoms with Crippen molar-refractivity contribution >= 4 is 5.95 Å². The average Bonchev–Trinajstić information content (AvgIpc) is 2.57. The number of hydrogen-bond donors (Lipinski definition) is 1. The van der Waals surface area contributed by atoms with Crippen molar-refractivity contribution in [2.45, 2.75) is 38.1 Å². The summed E-state index contributed by atoms with van der Waals surface area (Å²) in [5.41, 5.74) is 6.45. The second kappa shape index (κ2) is 7.18. The van der Waals surface area contributed by atoms with Crippen molar-refractivity contribution in [1.82, 2.24) is 14.9 Å². The minimum absolute atomic E-state index is 0.352. The molecule has 2 fully saturated rings. The van der Waals surface area contributed by atoms with E-state index >= 15 is 0 Å². The van der Waals surface area contributed by atoms with Crippen LogP contribution in [0.1, 0.15) is 32.1 Å². The summed E-state index contributed by atoms with van der Waals surface area (Å²) in [5.74, 6) is 1.60. The second-order valence-electron chi connectivity index (χ2n) is 6.40. The molecule has 1 unspecified atom stereocenters. The van der Waals surface area contributed by atoms with Gasteiger partial charge in [-0.25, -0.2) is 9.97 Å². The van der Waals surface area contributed by atoms with Crippen LogP contribution in [0.4, 0.5) is 5.95 Å². The van der Waals surface area contributed by atoms with Gasteiger partial charge in [0, 0.05) is 51.2 Å². The number of hydrogen-bond acceptors (Lipinski definition) is 5. The SMILES string of the molecule is NC(CN1CCN(c2ncccn2)CC1)C1CCCCC1. The number of rotatable bonds is 4. The zero-order chi connectivity index (χ0) is 14.5. The lowest BCUT2D eigenvalue weighted by Crippen LogP contribution is -2.51. The van der Waals surface area contributed by atoms with Crippen LogP contribution < -0.4 is 10.6 Å². The third kappa shape index (κ3) is 3.92. The molecule has 1 aliphatic carbocycles. The van der Waals surface area contributed by atoms with Crippen LogP contribution >= 0.6 is 0 Å². The lowest BCUT2D eigenvalue weighted by atomic mass is 9.84. The molecule has 5 heteroatoms. The summed E-state index contributed by atoms with van der Waals surface area (Å²) < 4.78 is 0. The van der Waals surface area contributed by atoms with E-state index in [4.69, 9.17) is 5.73 Å². The summed E-state index contributed by atoms with van der Waals surface area (Å²) in [5, 5.41) is 0. The molecule has 5 nitrogen and oxygen atoms in total. The molecule has 0 radical (unpaired) electrons. The van der Waals surface area contributed by atoms with Gasteiger partial charge in [0.25, 0.3) is 0 Å². The Morgan fingerprint density at radius 2 is 1.71 bits per heavy atom. The van der Waals surface area contributed by atoms with Crippen molar-refractivity contribution in [3.05, 3.63) is 18.5 Å². The highest BCUT2D eigenvalue weighted by molar-refractivity contribution is 5.29. The Morgan fingerprint density at radius 3 is 2.38 bits per heavy atom. The van der Waals surface area contributed by atoms with Gasteiger partial charge in [-0.2, -0.15) is 0 Å². The first-order valence-corrected chi connectivity index (χ1v) is 8.33. The highest BCUT2D eigenvalue weighted by atomic mass is 15.3. The molecule has 3 rings (SSSR count). The number of piperazine rings is 1. The van der Waals surface area contributed by atoms with E-state index in [1.54, 1.807) is 0 Å². The number of anilines is 1. The van der Waals surface area contributed by atoms with Gasteiger partial charge >= 0.3 is 0 Å². The summed E-state index contributed by atoms with van der Waals surface area (Å²) in [6.45, 7) is 5.19. The Labute approximate surface area is 127 Å². The first-order chi connectivity index (χ1) is 10.3. The molecule has 0 bridgehead atoms. The van der Waals surface area contributed by atoms with Crippen molar-refractivity contribution in [3.63, 3.8) is 0 Å². The molecule has 2 aliphatic rings. The summed E-state index contributed by atoms with van der Waals surface area (Å²) in [6.07, 6.45) is 10.4. The van der Waals surface area contributed by atoms with Crippen LogP contribution in [0.25, 0.3) is 0 Å². The minimum Gasteiger partial charge on any atom is -0.338 e. The third-order valence-corrected chi connectivity index (χ3v) is 4.93. The van der Waals surface area contributed by atoms with Gasteiger partial charge in [0.2, 0.25) is 5.95 Å². The molecule has 2 heterocycles.